The Hall–Kier alpha value is -1.87. The Balaban J connectivity index is 0.000000144. The third-order valence-corrected chi connectivity index (χ3v) is 7.12. The number of rotatable bonds is 2. The number of thiophene rings is 2. The second-order valence-corrected chi connectivity index (χ2v) is 9.31. The van der Waals surface area contributed by atoms with Crippen molar-refractivity contribution in [2.75, 3.05) is 0 Å². The van der Waals surface area contributed by atoms with Crippen LogP contribution in [-0.2, 0) is 40.3 Å². The van der Waals surface area contributed by atoms with Crippen molar-refractivity contribution in [3.63, 3.8) is 0 Å². The van der Waals surface area contributed by atoms with E-state index in [2.05, 4.69) is 58.9 Å². The van der Waals surface area contributed by atoms with E-state index in [0.29, 0.717) is 0 Å². The number of pyridine rings is 2. The van der Waals surface area contributed by atoms with Gasteiger partial charge in [0.15, 0.2) is 0 Å². The van der Waals surface area contributed by atoms with Crippen LogP contribution < -0.4 is 0 Å². The van der Waals surface area contributed by atoms with Gasteiger partial charge in [-0.05, 0) is 67.1 Å². The molecule has 0 bridgehead atoms. The maximum atomic E-state index is 4.73. The number of hydrogen-bond acceptors (Lipinski definition) is 4. The molecule has 0 fully saturated rings. The Morgan fingerprint density at radius 3 is 2.13 bits per heavy atom. The molecule has 0 amide bonds. The normalized spacial score (nSPS) is 13.9. The number of fused-ring (bicyclic) bond motifs is 2. The zero-order valence-corrected chi connectivity index (χ0v) is 20.9. The van der Waals surface area contributed by atoms with Crippen LogP contribution in [0.4, 0.5) is 0 Å². The summed E-state index contributed by atoms with van der Waals surface area (Å²) in [5.74, 6) is 0. The summed E-state index contributed by atoms with van der Waals surface area (Å²) < 4.78 is 0. The van der Waals surface area contributed by atoms with Gasteiger partial charge in [-0.15, -0.1) is 10.8 Å². The van der Waals surface area contributed by atoms with Gasteiger partial charge in [-0.1, -0.05) is 40.1 Å². The van der Waals surface area contributed by atoms with Gasteiger partial charge in [0.2, 0.25) is 0 Å². The molecule has 0 aliphatic heterocycles. The first-order chi connectivity index (χ1) is 14.9. The summed E-state index contributed by atoms with van der Waals surface area (Å²) in [5, 5.41) is 4.09. The summed E-state index contributed by atoms with van der Waals surface area (Å²) in [5.41, 5.74) is 7.36. The summed E-state index contributed by atoms with van der Waals surface area (Å²) in [6.45, 7) is 0. The third kappa shape index (κ3) is 5.31. The van der Waals surface area contributed by atoms with Crippen LogP contribution >= 0.6 is 22.7 Å². The van der Waals surface area contributed by atoms with E-state index in [1.54, 1.807) is 22.7 Å². The minimum absolute atomic E-state index is 0. The second kappa shape index (κ2) is 10.6. The van der Waals surface area contributed by atoms with E-state index < -0.39 is 0 Å². The fraction of sp³-hybridized carbons (Fsp3) is 0.231. The van der Waals surface area contributed by atoms with Crippen LogP contribution in [0.5, 0.6) is 0 Å². The molecule has 0 N–H and O–H groups in total. The van der Waals surface area contributed by atoms with Crippen LogP contribution in [0.2, 0.25) is 0 Å². The SMILES string of the molecule is [Pt+2].[c-]1ccsc1-c1ccc2c(n1)C=CCC2.[c-]1ccsc1-c1ccc2c(n1)CCCC2. The topological polar surface area (TPSA) is 25.8 Å². The van der Waals surface area contributed by atoms with Crippen molar-refractivity contribution >= 4 is 28.7 Å². The van der Waals surface area contributed by atoms with Crippen molar-refractivity contribution in [1.29, 1.82) is 0 Å². The van der Waals surface area contributed by atoms with Gasteiger partial charge in [0.1, 0.15) is 0 Å². The van der Waals surface area contributed by atoms with E-state index in [1.807, 2.05) is 17.5 Å². The summed E-state index contributed by atoms with van der Waals surface area (Å²) in [6, 6.07) is 19.0. The number of nitrogens with zero attached hydrogens (tertiary/aromatic N) is 2. The summed E-state index contributed by atoms with van der Waals surface area (Å²) in [7, 11) is 0. The standard InChI is InChI=1S/C13H12NS.C13H10NS.Pt/c2*1-2-5-11-10(4-1)7-8-12(14-11)13-6-3-9-15-13;/h3,7-9H,1-2,4-5H2;2-3,5,7-9H,1,4H2;/q2*-1;+2. The molecule has 0 saturated heterocycles. The number of allylic oxidation sites excluding steroid dienone is 1. The zero-order chi connectivity index (χ0) is 20.2. The molecule has 2 aliphatic rings. The molecule has 158 valence electrons. The number of aryl methyl sites for hydroxylation is 3. The van der Waals surface area contributed by atoms with Crippen LogP contribution in [0.25, 0.3) is 27.2 Å². The van der Waals surface area contributed by atoms with Gasteiger partial charge in [-0.25, -0.2) is 22.7 Å². The van der Waals surface area contributed by atoms with Crippen LogP contribution in [0.3, 0.4) is 0 Å². The Kier molecular flexibility index (Phi) is 7.66. The van der Waals surface area contributed by atoms with E-state index in [-0.39, 0.29) is 21.1 Å². The van der Waals surface area contributed by atoms with Gasteiger partial charge in [-0.3, -0.25) is 0 Å². The van der Waals surface area contributed by atoms with Gasteiger partial charge in [-0.2, -0.15) is 24.3 Å². The van der Waals surface area contributed by atoms with Crippen LogP contribution in [-0.4, -0.2) is 9.97 Å². The molecule has 2 aliphatic carbocycles. The largest absolute Gasteiger partial charge is 2.00 e. The van der Waals surface area contributed by atoms with Crippen molar-refractivity contribution in [2.24, 2.45) is 0 Å². The summed E-state index contributed by atoms with van der Waals surface area (Å²) in [4.78, 5) is 11.7. The first-order valence-corrected chi connectivity index (χ1v) is 12.2. The zero-order valence-electron chi connectivity index (χ0n) is 17.0. The third-order valence-electron chi connectivity index (χ3n) is 5.45. The monoisotopic (exact) mass is 621 g/mol. The van der Waals surface area contributed by atoms with Gasteiger partial charge >= 0.3 is 21.1 Å². The molecule has 0 atom stereocenters. The Labute approximate surface area is 206 Å². The molecule has 0 unspecified atom stereocenters. The molecule has 0 aromatic carbocycles. The van der Waals surface area contributed by atoms with Gasteiger partial charge in [0, 0.05) is 5.69 Å². The molecule has 6 rings (SSSR count). The van der Waals surface area contributed by atoms with Crippen molar-refractivity contribution < 1.29 is 21.1 Å². The van der Waals surface area contributed by atoms with Crippen LogP contribution in [0, 0.1) is 12.1 Å². The van der Waals surface area contributed by atoms with E-state index in [0.717, 1.165) is 46.1 Å². The molecule has 5 heteroatoms. The van der Waals surface area contributed by atoms with Gasteiger partial charge in [0.05, 0.1) is 5.69 Å². The van der Waals surface area contributed by atoms with Crippen molar-refractivity contribution in [2.45, 2.75) is 38.5 Å². The minimum atomic E-state index is 0. The second-order valence-electron chi connectivity index (χ2n) is 7.48. The fourth-order valence-corrected chi connectivity index (χ4v) is 5.17. The molecule has 0 spiro atoms. The van der Waals surface area contributed by atoms with E-state index in [9.17, 15) is 0 Å². The Morgan fingerprint density at radius 2 is 1.42 bits per heavy atom. The van der Waals surface area contributed by atoms with Crippen LogP contribution in [0.15, 0.2) is 53.2 Å². The van der Waals surface area contributed by atoms with Gasteiger partial charge in [0.25, 0.3) is 0 Å². The average molecular weight is 622 g/mol. The van der Waals surface area contributed by atoms with Crippen molar-refractivity contribution in [3.8, 4) is 21.1 Å². The maximum Gasteiger partial charge on any atom is 2.00 e. The van der Waals surface area contributed by atoms with Crippen molar-refractivity contribution in [1.82, 2.24) is 9.97 Å². The quantitative estimate of drug-likeness (QED) is 0.224. The maximum absolute atomic E-state index is 4.73. The fourth-order valence-electron chi connectivity index (χ4n) is 3.89. The Morgan fingerprint density at radius 1 is 0.742 bits per heavy atom. The number of hydrogen-bond donors (Lipinski definition) is 0. The molecule has 4 heterocycles. The first-order valence-electron chi connectivity index (χ1n) is 10.4. The molecular weight excluding hydrogens is 600 g/mol. The molecule has 31 heavy (non-hydrogen) atoms. The summed E-state index contributed by atoms with van der Waals surface area (Å²) in [6.07, 6.45) is 11.5. The molecule has 0 saturated carbocycles. The molecular formula is C26H22N2PtS2. The number of aromatic nitrogens is 2. The van der Waals surface area contributed by atoms with E-state index >= 15 is 0 Å². The smallest absolute Gasteiger partial charge is 0.315 e. The predicted octanol–water partition coefficient (Wildman–Crippen LogP) is 7.06. The average Bonchev–Trinajstić information content (AvgIpc) is 3.54. The predicted molar refractivity (Wildman–Crippen MR) is 127 cm³/mol. The van der Waals surface area contributed by atoms with E-state index in [1.165, 1.54) is 36.1 Å². The molecule has 4 aromatic rings. The molecule has 4 aromatic heterocycles. The van der Waals surface area contributed by atoms with Crippen LogP contribution in [0.1, 0.15) is 41.8 Å². The molecule has 2 nitrogen and oxygen atoms in total. The van der Waals surface area contributed by atoms with Crippen molar-refractivity contribution in [3.05, 3.63) is 87.9 Å². The first kappa shape index (κ1) is 22.3. The minimum Gasteiger partial charge on any atom is -0.315 e. The molecule has 0 radical (unpaired) electrons. The summed E-state index contributed by atoms with van der Waals surface area (Å²) >= 11 is 3.39. The van der Waals surface area contributed by atoms with E-state index in [4.69, 9.17) is 4.98 Å². The Bertz CT molecular complexity index is 1150. The van der Waals surface area contributed by atoms with Gasteiger partial charge < -0.3 is 9.97 Å².